The maximum absolute atomic E-state index is 12.4. The summed E-state index contributed by atoms with van der Waals surface area (Å²) < 4.78 is 5.77. The van der Waals surface area contributed by atoms with Crippen LogP contribution in [0.2, 0.25) is 0 Å². The lowest BCUT2D eigenvalue weighted by molar-refractivity contribution is -0.142. The second kappa shape index (κ2) is 21.5. The molecule has 0 aromatic carbocycles. The van der Waals surface area contributed by atoms with Crippen molar-refractivity contribution in [2.24, 2.45) is 0 Å². The monoisotopic (exact) mass is 460 g/mol. The number of carbonyl (C=O) groups is 2. The minimum atomic E-state index is -0.991. The van der Waals surface area contributed by atoms with Gasteiger partial charge in [0, 0.05) is 0 Å². The summed E-state index contributed by atoms with van der Waals surface area (Å²) in [6, 6.07) is -1.23. The van der Waals surface area contributed by atoms with Crippen LogP contribution in [0.5, 0.6) is 0 Å². The molecular formula is C22H48N6O4. The third-order valence-corrected chi connectivity index (χ3v) is 5.40. The van der Waals surface area contributed by atoms with Crippen LogP contribution < -0.4 is 31.9 Å². The Bertz CT molecular complexity index is 470. The highest BCUT2D eigenvalue weighted by Crippen LogP contribution is 2.05. The molecule has 0 heterocycles. The van der Waals surface area contributed by atoms with E-state index in [1.165, 1.54) is 0 Å². The zero-order valence-electron chi connectivity index (χ0n) is 20.6. The second-order valence-electron chi connectivity index (χ2n) is 8.02. The van der Waals surface area contributed by atoms with Crippen molar-refractivity contribution >= 4 is 11.9 Å². The molecule has 0 aromatic heterocycles. The lowest BCUT2D eigenvalue weighted by Crippen LogP contribution is -2.49. The molecule has 7 N–H and O–H groups in total. The van der Waals surface area contributed by atoms with Crippen molar-refractivity contribution in [2.75, 3.05) is 54.6 Å². The molecule has 0 saturated carbocycles. The van der Waals surface area contributed by atoms with E-state index in [-0.39, 0.29) is 18.2 Å². The molecule has 0 rings (SSSR count). The lowest BCUT2D eigenvalue weighted by Gasteiger charge is -2.20. The Labute approximate surface area is 194 Å². The van der Waals surface area contributed by atoms with Crippen LogP contribution in [0.1, 0.15) is 57.8 Å². The quantitative estimate of drug-likeness (QED) is 0.0843. The van der Waals surface area contributed by atoms with Gasteiger partial charge in [-0.05, 0) is 99.2 Å². The van der Waals surface area contributed by atoms with E-state index in [1.54, 1.807) is 7.05 Å². The molecule has 1 amide bonds. The third-order valence-electron chi connectivity index (χ3n) is 5.40. The standard InChI is InChI=1S/C22H48N6O4/c1-23-14-8-5-11-18(25-3)21(29)28-19(22(30)31)12-6-10-16-27-17-32-20(26-4)13-7-9-15-24-2/h18-20,23-27H,5-17H2,1-4H3,(H,28,29)(H,30,31). The Balaban J connectivity index is 4.05. The Morgan fingerprint density at radius 3 is 1.84 bits per heavy atom. The van der Waals surface area contributed by atoms with Gasteiger partial charge < -0.3 is 31.1 Å². The summed E-state index contributed by atoms with van der Waals surface area (Å²) in [6.45, 7) is 3.11. The summed E-state index contributed by atoms with van der Waals surface area (Å²) in [4.78, 5) is 24.0. The average Bonchev–Trinajstić information content (AvgIpc) is 2.78. The highest BCUT2D eigenvalue weighted by Gasteiger charge is 2.23. The van der Waals surface area contributed by atoms with E-state index < -0.39 is 12.0 Å². The zero-order chi connectivity index (χ0) is 24.0. The number of aliphatic carboxylic acids is 1. The van der Waals surface area contributed by atoms with Gasteiger partial charge in [-0.3, -0.25) is 15.4 Å². The van der Waals surface area contributed by atoms with E-state index in [0.717, 1.165) is 58.2 Å². The van der Waals surface area contributed by atoms with Gasteiger partial charge in [0.25, 0.3) is 0 Å². The molecule has 3 atom stereocenters. The zero-order valence-corrected chi connectivity index (χ0v) is 20.6. The van der Waals surface area contributed by atoms with Gasteiger partial charge in [-0.2, -0.15) is 0 Å². The number of rotatable bonds is 23. The summed E-state index contributed by atoms with van der Waals surface area (Å²) >= 11 is 0. The number of carbonyl (C=O) groups excluding carboxylic acids is 1. The van der Waals surface area contributed by atoms with Crippen LogP contribution in [0.4, 0.5) is 0 Å². The Hall–Kier alpha value is -1.30. The Morgan fingerprint density at radius 1 is 0.750 bits per heavy atom. The first-order valence-corrected chi connectivity index (χ1v) is 12.0. The largest absolute Gasteiger partial charge is 0.480 e. The van der Waals surface area contributed by atoms with Gasteiger partial charge in [0.2, 0.25) is 5.91 Å². The number of carboxylic acid groups (broad SMARTS) is 1. The molecule has 0 aliphatic heterocycles. The number of unbranched alkanes of at least 4 members (excludes halogenated alkanes) is 3. The van der Waals surface area contributed by atoms with Gasteiger partial charge in [-0.15, -0.1) is 0 Å². The first-order valence-electron chi connectivity index (χ1n) is 12.0. The molecule has 10 heteroatoms. The first kappa shape index (κ1) is 30.7. The minimum Gasteiger partial charge on any atom is -0.480 e. The van der Waals surface area contributed by atoms with Crippen LogP contribution >= 0.6 is 0 Å². The fourth-order valence-corrected chi connectivity index (χ4v) is 3.36. The molecule has 0 bridgehead atoms. The van der Waals surface area contributed by atoms with Crippen LogP contribution in [-0.4, -0.2) is 89.9 Å². The number of amides is 1. The van der Waals surface area contributed by atoms with E-state index in [9.17, 15) is 14.7 Å². The smallest absolute Gasteiger partial charge is 0.326 e. The number of likely N-dealkylation sites (N-methyl/N-ethyl adjacent to an activating group) is 1. The fourth-order valence-electron chi connectivity index (χ4n) is 3.36. The molecule has 32 heavy (non-hydrogen) atoms. The maximum atomic E-state index is 12.4. The van der Waals surface area contributed by atoms with Crippen LogP contribution in [-0.2, 0) is 14.3 Å². The van der Waals surface area contributed by atoms with Crippen LogP contribution in [0.3, 0.4) is 0 Å². The van der Waals surface area contributed by atoms with Crippen LogP contribution in [0.25, 0.3) is 0 Å². The number of nitrogens with one attached hydrogen (secondary N) is 6. The number of carboxylic acids is 1. The number of hydrogen-bond acceptors (Lipinski definition) is 8. The summed E-state index contributed by atoms with van der Waals surface area (Å²) in [6.07, 6.45) is 7.70. The van der Waals surface area contributed by atoms with Crippen LogP contribution in [0.15, 0.2) is 0 Å². The topological polar surface area (TPSA) is 136 Å². The Kier molecular flexibility index (Phi) is 20.7. The van der Waals surface area contributed by atoms with Crippen molar-refractivity contribution in [2.45, 2.75) is 76.1 Å². The highest BCUT2D eigenvalue weighted by atomic mass is 16.5. The van der Waals surface area contributed by atoms with E-state index in [1.807, 2.05) is 21.1 Å². The predicted molar refractivity (Wildman–Crippen MR) is 129 cm³/mol. The molecule has 0 radical (unpaired) electrons. The molecule has 190 valence electrons. The molecule has 10 nitrogen and oxygen atoms in total. The van der Waals surface area contributed by atoms with Gasteiger partial charge in [-0.1, -0.05) is 6.42 Å². The van der Waals surface area contributed by atoms with Gasteiger partial charge in [0.1, 0.15) is 12.3 Å². The molecule has 0 aromatic rings. The van der Waals surface area contributed by atoms with Gasteiger partial charge in [-0.25, -0.2) is 4.79 Å². The van der Waals surface area contributed by atoms with E-state index >= 15 is 0 Å². The van der Waals surface area contributed by atoms with E-state index in [0.29, 0.717) is 26.0 Å². The van der Waals surface area contributed by atoms with Crippen molar-refractivity contribution in [1.29, 1.82) is 0 Å². The summed E-state index contributed by atoms with van der Waals surface area (Å²) in [5.41, 5.74) is 0. The van der Waals surface area contributed by atoms with E-state index in [4.69, 9.17) is 4.74 Å². The average molecular weight is 461 g/mol. The van der Waals surface area contributed by atoms with Gasteiger partial charge in [0.15, 0.2) is 0 Å². The second-order valence-corrected chi connectivity index (χ2v) is 8.02. The normalized spacial score (nSPS) is 14.1. The predicted octanol–water partition coefficient (Wildman–Crippen LogP) is 0.203. The SMILES string of the molecule is CNCCCCC(NC)OCNCCCCC(NC(=O)C(CCCCNC)NC)C(=O)O. The third kappa shape index (κ3) is 16.3. The molecule has 0 aliphatic carbocycles. The molecule has 3 unspecified atom stereocenters. The van der Waals surface area contributed by atoms with Crippen molar-refractivity contribution in [3.8, 4) is 0 Å². The first-order chi connectivity index (χ1) is 15.5. The molecule has 0 fully saturated rings. The Morgan fingerprint density at radius 2 is 1.31 bits per heavy atom. The van der Waals surface area contributed by atoms with E-state index in [2.05, 4.69) is 31.9 Å². The molecular weight excluding hydrogens is 412 g/mol. The summed E-state index contributed by atoms with van der Waals surface area (Å²) in [5.74, 6) is -1.24. The molecule has 0 spiro atoms. The summed E-state index contributed by atoms with van der Waals surface area (Å²) in [7, 11) is 7.47. The summed E-state index contributed by atoms with van der Waals surface area (Å²) in [5, 5.41) is 27.8. The van der Waals surface area contributed by atoms with Crippen molar-refractivity contribution in [3.63, 3.8) is 0 Å². The maximum Gasteiger partial charge on any atom is 0.326 e. The number of ether oxygens (including phenoxy) is 1. The van der Waals surface area contributed by atoms with Crippen molar-refractivity contribution in [1.82, 2.24) is 31.9 Å². The van der Waals surface area contributed by atoms with Crippen molar-refractivity contribution in [3.05, 3.63) is 0 Å². The minimum absolute atomic E-state index is 0.0318. The molecule has 0 aliphatic rings. The number of hydrogen-bond donors (Lipinski definition) is 7. The van der Waals surface area contributed by atoms with Crippen LogP contribution in [0, 0.1) is 0 Å². The van der Waals surface area contributed by atoms with Gasteiger partial charge in [0.05, 0.1) is 12.8 Å². The van der Waals surface area contributed by atoms with Crippen molar-refractivity contribution < 1.29 is 19.4 Å². The fraction of sp³-hybridized carbons (Fsp3) is 0.909. The lowest BCUT2D eigenvalue weighted by atomic mass is 10.1. The highest BCUT2D eigenvalue weighted by molar-refractivity contribution is 5.86. The van der Waals surface area contributed by atoms with Gasteiger partial charge >= 0.3 is 5.97 Å². The molecule has 0 saturated heterocycles.